The molecule has 0 radical (unpaired) electrons. The number of rotatable bonds is 5. The summed E-state index contributed by atoms with van der Waals surface area (Å²) in [7, 11) is 0. The van der Waals surface area contributed by atoms with Crippen molar-refractivity contribution in [2.24, 2.45) is 4.99 Å². The van der Waals surface area contributed by atoms with Gasteiger partial charge in [0.25, 0.3) is 0 Å². The Labute approximate surface area is 116 Å². The molecule has 2 rings (SSSR count). The Balaban J connectivity index is 1.92. The highest BCUT2D eigenvalue weighted by Crippen LogP contribution is 2.16. The zero-order chi connectivity index (χ0) is 13.5. The highest BCUT2D eigenvalue weighted by atomic mass is 14.8. The van der Waals surface area contributed by atoms with Crippen LogP contribution in [0, 0.1) is 0 Å². The molecule has 98 valence electrons. The SMILES string of the molecule is CC(CCc1ccccc1)=N[C@H](C)c1ccccc1. The van der Waals surface area contributed by atoms with Crippen LogP contribution in [0.1, 0.15) is 37.4 Å². The molecule has 0 bridgehead atoms. The van der Waals surface area contributed by atoms with Crippen molar-refractivity contribution in [3.8, 4) is 0 Å². The van der Waals surface area contributed by atoms with Gasteiger partial charge in [0, 0.05) is 5.71 Å². The van der Waals surface area contributed by atoms with Crippen LogP contribution < -0.4 is 0 Å². The van der Waals surface area contributed by atoms with E-state index in [4.69, 9.17) is 4.99 Å². The van der Waals surface area contributed by atoms with E-state index in [0.29, 0.717) is 0 Å². The monoisotopic (exact) mass is 251 g/mol. The summed E-state index contributed by atoms with van der Waals surface area (Å²) in [5.74, 6) is 0. The number of aryl methyl sites for hydroxylation is 1. The van der Waals surface area contributed by atoms with Crippen LogP contribution in [0.2, 0.25) is 0 Å². The first-order valence-corrected chi connectivity index (χ1v) is 6.88. The van der Waals surface area contributed by atoms with E-state index in [-0.39, 0.29) is 6.04 Å². The second-order valence-electron chi connectivity index (χ2n) is 4.94. The third-order valence-corrected chi connectivity index (χ3v) is 3.31. The molecule has 0 N–H and O–H groups in total. The van der Waals surface area contributed by atoms with Crippen LogP contribution >= 0.6 is 0 Å². The zero-order valence-electron chi connectivity index (χ0n) is 11.7. The average molecular weight is 251 g/mol. The maximum Gasteiger partial charge on any atom is 0.0720 e. The lowest BCUT2D eigenvalue weighted by Gasteiger charge is -2.09. The van der Waals surface area contributed by atoms with E-state index < -0.39 is 0 Å². The lowest BCUT2D eigenvalue weighted by atomic mass is 10.1. The van der Waals surface area contributed by atoms with Crippen molar-refractivity contribution >= 4 is 5.71 Å². The third-order valence-electron chi connectivity index (χ3n) is 3.31. The summed E-state index contributed by atoms with van der Waals surface area (Å²) in [5.41, 5.74) is 3.88. The number of nitrogens with zero attached hydrogens (tertiary/aromatic N) is 1. The molecule has 0 saturated heterocycles. The first-order chi connectivity index (χ1) is 9.25. The Hall–Kier alpha value is -1.89. The van der Waals surface area contributed by atoms with Crippen molar-refractivity contribution in [2.45, 2.75) is 32.7 Å². The maximum absolute atomic E-state index is 4.78. The molecule has 2 aromatic rings. The Morgan fingerprint density at radius 2 is 1.53 bits per heavy atom. The molecule has 0 heterocycles. The molecule has 0 aliphatic carbocycles. The molecule has 0 aromatic heterocycles. The average Bonchev–Trinajstić information content (AvgIpc) is 2.47. The number of hydrogen-bond acceptors (Lipinski definition) is 1. The largest absolute Gasteiger partial charge is 0.287 e. The summed E-state index contributed by atoms with van der Waals surface area (Å²) >= 11 is 0. The number of hydrogen-bond donors (Lipinski definition) is 0. The van der Waals surface area contributed by atoms with Crippen molar-refractivity contribution in [1.29, 1.82) is 0 Å². The van der Waals surface area contributed by atoms with Gasteiger partial charge in [-0.3, -0.25) is 4.99 Å². The van der Waals surface area contributed by atoms with Gasteiger partial charge >= 0.3 is 0 Å². The lowest BCUT2D eigenvalue weighted by Crippen LogP contribution is -1.99. The van der Waals surface area contributed by atoms with E-state index >= 15 is 0 Å². The third kappa shape index (κ3) is 4.36. The van der Waals surface area contributed by atoms with Gasteiger partial charge in [-0.15, -0.1) is 0 Å². The van der Waals surface area contributed by atoms with Crippen molar-refractivity contribution in [1.82, 2.24) is 0 Å². The summed E-state index contributed by atoms with van der Waals surface area (Å²) in [4.78, 5) is 4.78. The van der Waals surface area contributed by atoms with Gasteiger partial charge < -0.3 is 0 Å². The minimum Gasteiger partial charge on any atom is -0.287 e. The molecule has 1 atom stereocenters. The standard InChI is InChI=1S/C18H21N/c1-15(13-14-17-9-5-3-6-10-17)19-16(2)18-11-7-4-8-12-18/h3-12,16H,13-14H2,1-2H3/t16-/m1/s1. The first kappa shape index (κ1) is 13.5. The molecule has 0 amide bonds. The normalized spacial score (nSPS) is 13.3. The minimum absolute atomic E-state index is 0.247. The molecule has 0 saturated carbocycles. The maximum atomic E-state index is 4.78. The summed E-state index contributed by atoms with van der Waals surface area (Å²) in [6.45, 7) is 4.28. The Kier molecular flexibility index (Phi) is 4.91. The lowest BCUT2D eigenvalue weighted by molar-refractivity contribution is 0.810. The highest BCUT2D eigenvalue weighted by molar-refractivity contribution is 5.82. The number of aliphatic imine (C=N–C) groups is 1. The van der Waals surface area contributed by atoms with Crippen LogP contribution in [0.3, 0.4) is 0 Å². The zero-order valence-corrected chi connectivity index (χ0v) is 11.7. The van der Waals surface area contributed by atoms with Crippen LogP contribution in [-0.2, 0) is 6.42 Å². The fourth-order valence-corrected chi connectivity index (χ4v) is 2.17. The van der Waals surface area contributed by atoms with Crippen molar-refractivity contribution in [3.05, 3.63) is 71.8 Å². The van der Waals surface area contributed by atoms with Crippen molar-refractivity contribution < 1.29 is 0 Å². The van der Waals surface area contributed by atoms with E-state index in [2.05, 4.69) is 68.4 Å². The second-order valence-corrected chi connectivity index (χ2v) is 4.94. The predicted octanol–water partition coefficient (Wildman–Crippen LogP) is 4.84. The number of benzene rings is 2. The molecule has 0 fully saturated rings. The molecule has 1 heteroatoms. The van der Waals surface area contributed by atoms with Gasteiger partial charge in [0.1, 0.15) is 0 Å². The van der Waals surface area contributed by atoms with Gasteiger partial charge in [-0.25, -0.2) is 0 Å². The van der Waals surface area contributed by atoms with Gasteiger partial charge in [0.15, 0.2) is 0 Å². The molecule has 0 spiro atoms. The molecule has 0 unspecified atom stereocenters. The molecule has 1 nitrogen and oxygen atoms in total. The molecule has 2 aromatic carbocycles. The minimum atomic E-state index is 0.247. The van der Waals surface area contributed by atoms with Crippen LogP contribution in [0.15, 0.2) is 65.7 Å². The summed E-state index contributed by atoms with van der Waals surface area (Å²) < 4.78 is 0. The van der Waals surface area contributed by atoms with Gasteiger partial charge in [-0.05, 0) is 37.8 Å². The van der Waals surface area contributed by atoms with Crippen LogP contribution in [0.4, 0.5) is 0 Å². The Morgan fingerprint density at radius 3 is 2.16 bits per heavy atom. The quantitative estimate of drug-likeness (QED) is 0.674. The van der Waals surface area contributed by atoms with Gasteiger partial charge in [-0.2, -0.15) is 0 Å². The van der Waals surface area contributed by atoms with Gasteiger partial charge in [0.2, 0.25) is 0 Å². The van der Waals surface area contributed by atoms with Crippen LogP contribution in [0.25, 0.3) is 0 Å². The van der Waals surface area contributed by atoms with Crippen molar-refractivity contribution in [2.75, 3.05) is 0 Å². The first-order valence-electron chi connectivity index (χ1n) is 6.88. The Bertz CT molecular complexity index is 514. The van der Waals surface area contributed by atoms with Crippen molar-refractivity contribution in [3.63, 3.8) is 0 Å². The predicted molar refractivity (Wildman–Crippen MR) is 82.7 cm³/mol. The van der Waals surface area contributed by atoms with Gasteiger partial charge in [-0.1, -0.05) is 60.7 Å². The van der Waals surface area contributed by atoms with E-state index in [1.807, 2.05) is 6.07 Å². The molecule has 0 aliphatic heterocycles. The summed E-state index contributed by atoms with van der Waals surface area (Å²) in [5, 5.41) is 0. The molecule has 19 heavy (non-hydrogen) atoms. The highest BCUT2D eigenvalue weighted by Gasteiger charge is 2.03. The second kappa shape index (κ2) is 6.89. The fraction of sp³-hybridized carbons (Fsp3) is 0.278. The summed E-state index contributed by atoms with van der Waals surface area (Å²) in [6.07, 6.45) is 2.10. The smallest absolute Gasteiger partial charge is 0.0720 e. The van der Waals surface area contributed by atoms with Crippen LogP contribution in [0.5, 0.6) is 0 Å². The van der Waals surface area contributed by atoms with Gasteiger partial charge in [0.05, 0.1) is 6.04 Å². The van der Waals surface area contributed by atoms with E-state index in [1.54, 1.807) is 0 Å². The fourth-order valence-electron chi connectivity index (χ4n) is 2.17. The van der Waals surface area contributed by atoms with E-state index in [9.17, 15) is 0 Å². The van der Waals surface area contributed by atoms with E-state index in [1.165, 1.54) is 16.8 Å². The Morgan fingerprint density at radius 1 is 0.947 bits per heavy atom. The molecular weight excluding hydrogens is 230 g/mol. The molecular formula is C18H21N. The topological polar surface area (TPSA) is 12.4 Å². The molecule has 0 aliphatic rings. The van der Waals surface area contributed by atoms with E-state index in [0.717, 1.165) is 12.8 Å². The van der Waals surface area contributed by atoms with Crippen LogP contribution in [-0.4, -0.2) is 5.71 Å². The summed E-state index contributed by atoms with van der Waals surface area (Å²) in [6, 6.07) is 21.3.